The number of morpholine rings is 1. The molecule has 1 saturated heterocycles. The van der Waals surface area contributed by atoms with Crippen molar-refractivity contribution in [3.63, 3.8) is 0 Å². The normalized spacial score (nSPS) is 21.0. The van der Waals surface area contributed by atoms with Crippen LogP contribution in [0.4, 0.5) is 14.9 Å². The molecular formula is C13H18FN3O2. The number of nitrogens with one attached hydrogen (secondary N) is 1. The molecule has 1 aliphatic heterocycles. The minimum Gasteiger partial charge on any atom is -0.373 e. The van der Waals surface area contributed by atoms with E-state index in [0.717, 1.165) is 0 Å². The molecule has 1 aromatic rings. The van der Waals surface area contributed by atoms with Crippen LogP contribution in [0.2, 0.25) is 0 Å². The van der Waals surface area contributed by atoms with E-state index in [1.807, 2.05) is 6.92 Å². The average Bonchev–Trinajstić information content (AvgIpc) is 2.39. The lowest BCUT2D eigenvalue weighted by Crippen LogP contribution is -2.52. The Kier molecular flexibility index (Phi) is 4.34. The second kappa shape index (κ2) is 5.99. The summed E-state index contributed by atoms with van der Waals surface area (Å²) >= 11 is 0. The molecule has 0 spiro atoms. The maximum Gasteiger partial charge on any atom is 0.322 e. The van der Waals surface area contributed by atoms with Crippen molar-refractivity contribution in [1.82, 2.24) is 4.90 Å². The summed E-state index contributed by atoms with van der Waals surface area (Å²) in [6.07, 6.45) is -0.160. The van der Waals surface area contributed by atoms with Gasteiger partial charge in [0.25, 0.3) is 0 Å². The van der Waals surface area contributed by atoms with Gasteiger partial charge < -0.3 is 20.7 Å². The highest BCUT2D eigenvalue weighted by Crippen LogP contribution is 2.13. The number of carbonyl (C=O) groups is 1. The first-order chi connectivity index (χ1) is 9.06. The maximum atomic E-state index is 13.0. The highest BCUT2D eigenvalue weighted by Gasteiger charge is 2.26. The quantitative estimate of drug-likeness (QED) is 0.851. The molecule has 104 valence electrons. The third kappa shape index (κ3) is 3.65. The van der Waals surface area contributed by atoms with Crippen molar-refractivity contribution in [3.05, 3.63) is 30.1 Å². The van der Waals surface area contributed by atoms with Gasteiger partial charge >= 0.3 is 6.03 Å². The fourth-order valence-corrected chi connectivity index (χ4v) is 1.95. The molecule has 0 aliphatic carbocycles. The smallest absolute Gasteiger partial charge is 0.322 e. The molecule has 2 rings (SSSR count). The summed E-state index contributed by atoms with van der Waals surface area (Å²) in [6.45, 7) is 3.25. The Hall–Kier alpha value is -1.66. The second-order valence-corrected chi connectivity index (χ2v) is 4.65. The van der Waals surface area contributed by atoms with Crippen molar-refractivity contribution >= 4 is 11.7 Å². The van der Waals surface area contributed by atoms with Gasteiger partial charge in [-0.25, -0.2) is 9.18 Å². The van der Waals surface area contributed by atoms with Crippen molar-refractivity contribution in [2.24, 2.45) is 5.73 Å². The second-order valence-electron chi connectivity index (χ2n) is 4.65. The zero-order valence-corrected chi connectivity index (χ0v) is 10.8. The first-order valence-corrected chi connectivity index (χ1v) is 6.25. The molecule has 0 saturated carbocycles. The Morgan fingerprint density at radius 1 is 1.63 bits per heavy atom. The van der Waals surface area contributed by atoms with E-state index in [-0.39, 0.29) is 24.0 Å². The summed E-state index contributed by atoms with van der Waals surface area (Å²) in [5.74, 6) is -0.381. The number of benzene rings is 1. The molecule has 1 heterocycles. The van der Waals surface area contributed by atoms with Gasteiger partial charge in [0.2, 0.25) is 0 Å². The van der Waals surface area contributed by atoms with Crippen molar-refractivity contribution in [2.45, 2.75) is 19.1 Å². The van der Waals surface area contributed by atoms with Crippen LogP contribution in [0, 0.1) is 5.82 Å². The van der Waals surface area contributed by atoms with Crippen LogP contribution in [0.3, 0.4) is 0 Å². The van der Waals surface area contributed by atoms with Gasteiger partial charge in [0.1, 0.15) is 5.82 Å². The first-order valence-electron chi connectivity index (χ1n) is 6.25. The lowest BCUT2D eigenvalue weighted by Gasteiger charge is -2.34. The van der Waals surface area contributed by atoms with Gasteiger partial charge in [0.05, 0.1) is 19.3 Å². The van der Waals surface area contributed by atoms with Crippen molar-refractivity contribution < 1.29 is 13.9 Å². The Morgan fingerprint density at radius 3 is 3.11 bits per heavy atom. The number of halogens is 1. The van der Waals surface area contributed by atoms with Crippen LogP contribution in [0.25, 0.3) is 0 Å². The Labute approximate surface area is 111 Å². The van der Waals surface area contributed by atoms with Crippen LogP contribution < -0.4 is 11.1 Å². The third-order valence-electron chi connectivity index (χ3n) is 3.04. The molecule has 1 aliphatic rings. The number of hydrogen-bond acceptors (Lipinski definition) is 3. The topological polar surface area (TPSA) is 67.6 Å². The number of amides is 2. The zero-order chi connectivity index (χ0) is 13.8. The van der Waals surface area contributed by atoms with Crippen LogP contribution in [0.15, 0.2) is 24.3 Å². The predicted molar refractivity (Wildman–Crippen MR) is 70.4 cm³/mol. The van der Waals surface area contributed by atoms with Crippen LogP contribution in [0.1, 0.15) is 6.92 Å². The van der Waals surface area contributed by atoms with Gasteiger partial charge in [0, 0.05) is 18.3 Å². The number of nitrogens with two attached hydrogens (primary N) is 1. The minimum absolute atomic E-state index is 0.134. The van der Waals surface area contributed by atoms with Gasteiger partial charge in [-0.05, 0) is 25.1 Å². The molecule has 6 heteroatoms. The minimum atomic E-state index is -0.381. The summed E-state index contributed by atoms with van der Waals surface area (Å²) < 4.78 is 18.5. The van der Waals surface area contributed by atoms with E-state index in [2.05, 4.69) is 5.32 Å². The largest absolute Gasteiger partial charge is 0.373 e. The summed E-state index contributed by atoms with van der Waals surface area (Å²) in [5.41, 5.74) is 6.21. The Bertz CT molecular complexity index is 453. The van der Waals surface area contributed by atoms with Gasteiger partial charge in [-0.1, -0.05) is 6.07 Å². The van der Waals surface area contributed by atoms with Gasteiger partial charge in [-0.3, -0.25) is 0 Å². The van der Waals surface area contributed by atoms with Crippen LogP contribution >= 0.6 is 0 Å². The molecule has 0 bridgehead atoms. The van der Waals surface area contributed by atoms with Crippen molar-refractivity contribution in [2.75, 3.05) is 25.0 Å². The molecule has 2 amide bonds. The highest BCUT2D eigenvalue weighted by atomic mass is 19.1. The van der Waals surface area contributed by atoms with Crippen LogP contribution in [0.5, 0.6) is 0 Å². The zero-order valence-electron chi connectivity index (χ0n) is 10.8. The summed E-state index contributed by atoms with van der Waals surface area (Å²) in [5, 5.41) is 2.66. The molecule has 0 radical (unpaired) electrons. The number of carbonyl (C=O) groups excluding carboxylic acids is 1. The molecule has 1 fully saturated rings. The average molecular weight is 267 g/mol. The maximum absolute atomic E-state index is 13.0. The lowest BCUT2D eigenvalue weighted by molar-refractivity contribution is -0.0220. The number of nitrogens with zero attached hydrogens (tertiary/aromatic N) is 1. The predicted octanol–water partition coefficient (Wildman–Crippen LogP) is 1.41. The van der Waals surface area contributed by atoms with Crippen molar-refractivity contribution in [1.29, 1.82) is 0 Å². The lowest BCUT2D eigenvalue weighted by atomic mass is 10.1. The first kappa shape index (κ1) is 13.8. The van der Waals surface area contributed by atoms with Crippen LogP contribution in [-0.4, -0.2) is 42.8 Å². The molecule has 0 aromatic heterocycles. The monoisotopic (exact) mass is 267 g/mol. The van der Waals surface area contributed by atoms with E-state index in [4.69, 9.17) is 10.5 Å². The summed E-state index contributed by atoms with van der Waals surface area (Å²) in [6, 6.07) is 5.40. The third-order valence-corrected chi connectivity index (χ3v) is 3.04. The molecule has 2 atom stereocenters. The van der Waals surface area contributed by atoms with E-state index in [9.17, 15) is 9.18 Å². The number of ether oxygens (including phenoxy) is 1. The Balaban J connectivity index is 1.96. The van der Waals surface area contributed by atoms with E-state index < -0.39 is 0 Å². The van der Waals surface area contributed by atoms with Gasteiger partial charge in [0.15, 0.2) is 0 Å². The van der Waals surface area contributed by atoms with Gasteiger partial charge in [-0.15, -0.1) is 0 Å². The van der Waals surface area contributed by atoms with E-state index in [0.29, 0.717) is 25.4 Å². The molecule has 2 unspecified atom stereocenters. The number of hydrogen-bond donors (Lipinski definition) is 2. The van der Waals surface area contributed by atoms with E-state index in [1.165, 1.54) is 12.1 Å². The summed E-state index contributed by atoms with van der Waals surface area (Å²) in [7, 11) is 0. The fourth-order valence-electron chi connectivity index (χ4n) is 1.95. The number of anilines is 1. The van der Waals surface area contributed by atoms with E-state index >= 15 is 0 Å². The highest BCUT2D eigenvalue weighted by molar-refractivity contribution is 5.89. The molecule has 3 N–H and O–H groups in total. The van der Waals surface area contributed by atoms with E-state index in [1.54, 1.807) is 17.0 Å². The number of rotatable bonds is 2. The summed E-state index contributed by atoms with van der Waals surface area (Å²) in [4.78, 5) is 13.7. The number of urea groups is 1. The SMILES string of the molecule is CC(N)C1CN(C(=O)Nc2cccc(F)c2)CCO1. The molecule has 5 nitrogen and oxygen atoms in total. The fraction of sp³-hybridized carbons (Fsp3) is 0.462. The van der Waals surface area contributed by atoms with Gasteiger partial charge in [-0.2, -0.15) is 0 Å². The van der Waals surface area contributed by atoms with Crippen molar-refractivity contribution in [3.8, 4) is 0 Å². The Morgan fingerprint density at radius 2 is 2.42 bits per heavy atom. The molecule has 19 heavy (non-hydrogen) atoms. The standard InChI is InChI=1S/C13H18FN3O2/c1-9(15)12-8-17(5-6-19-12)13(18)16-11-4-2-3-10(14)7-11/h2-4,7,9,12H,5-6,8,15H2,1H3,(H,16,18). The molecule has 1 aromatic carbocycles. The molecular weight excluding hydrogens is 249 g/mol. The van der Waals surface area contributed by atoms with Crippen LogP contribution in [-0.2, 0) is 4.74 Å².